The number of thioether (sulfide) groups is 1. The van der Waals surface area contributed by atoms with Crippen LogP contribution in [0.3, 0.4) is 0 Å². The maximum Gasteiger partial charge on any atom is 0.341 e. The van der Waals surface area contributed by atoms with Crippen LogP contribution in [0.15, 0.2) is 54.1 Å². The van der Waals surface area contributed by atoms with Gasteiger partial charge in [0.2, 0.25) is 12.3 Å². The molecular formula is C33H51N3O5S. The third-order valence-electron chi connectivity index (χ3n) is 5.58. The second-order valence-corrected chi connectivity index (χ2v) is 10.0. The lowest BCUT2D eigenvalue weighted by atomic mass is 10.0. The Morgan fingerprint density at radius 1 is 1.19 bits per heavy atom. The van der Waals surface area contributed by atoms with E-state index in [1.807, 2.05) is 76.1 Å². The van der Waals surface area contributed by atoms with Crippen LogP contribution in [-0.4, -0.2) is 44.5 Å². The number of rotatable bonds is 9. The Hall–Kier alpha value is -3.59. The number of nitrogens with zero attached hydrogens (tertiary/aromatic N) is 2. The molecule has 1 amide bonds. The van der Waals surface area contributed by atoms with Gasteiger partial charge in [0.05, 0.1) is 11.3 Å². The lowest BCUT2D eigenvalue weighted by Crippen LogP contribution is -2.12. The molecule has 0 spiro atoms. The quantitative estimate of drug-likeness (QED) is 0.171. The lowest BCUT2D eigenvalue weighted by Gasteiger charge is -2.18. The predicted molar refractivity (Wildman–Crippen MR) is 178 cm³/mol. The van der Waals surface area contributed by atoms with E-state index < -0.39 is 12.6 Å². The highest BCUT2D eigenvalue weighted by molar-refractivity contribution is 8.03. The Balaban J connectivity index is 0. The van der Waals surface area contributed by atoms with E-state index in [-0.39, 0.29) is 18.1 Å². The van der Waals surface area contributed by atoms with Crippen molar-refractivity contribution in [1.82, 2.24) is 9.38 Å². The Morgan fingerprint density at radius 2 is 1.81 bits per heavy atom. The minimum absolute atomic E-state index is 0.0803. The van der Waals surface area contributed by atoms with Gasteiger partial charge in [0.15, 0.2) is 12.4 Å². The normalized spacial score (nSPS) is 13.6. The van der Waals surface area contributed by atoms with Crippen molar-refractivity contribution in [2.45, 2.75) is 93.2 Å². The van der Waals surface area contributed by atoms with Gasteiger partial charge in [0, 0.05) is 17.1 Å². The maximum absolute atomic E-state index is 12.0. The van der Waals surface area contributed by atoms with Gasteiger partial charge in [-0.15, -0.1) is 11.8 Å². The first kappa shape index (κ1) is 40.5. The van der Waals surface area contributed by atoms with Crippen molar-refractivity contribution in [2.24, 2.45) is 5.73 Å². The summed E-state index contributed by atoms with van der Waals surface area (Å²) in [6.45, 7) is 20.5. The van der Waals surface area contributed by atoms with Crippen LogP contribution < -0.4 is 10.5 Å². The summed E-state index contributed by atoms with van der Waals surface area (Å²) in [6.07, 6.45) is 19.0. The largest absolute Gasteiger partial charge is 0.479 e. The number of ether oxygens (including phenoxy) is 1. The summed E-state index contributed by atoms with van der Waals surface area (Å²) in [5.41, 5.74) is 7.85. The molecule has 2 aromatic heterocycles. The van der Waals surface area contributed by atoms with Crippen LogP contribution in [0, 0.1) is 13.8 Å². The molecule has 0 saturated carbocycles. The molecule has 0 radical (unpaired) electrons. The number of aliphatic carboxylic acids is 1. The summed E-state index contributed by atoms with van der Waals surface area (Å²) in [4.78, 5) is 37.0. The number of hydrogen-bond acceptors (Lipinski definition) is 6. The molecule has 1 unspecified atom stereocenters. The van der Waals surface area contributed by atoms with Crippen LogP contribution in [0.2, 0.25) is 0 Å². The fourth-order valence-corrected chi connectivity index (χ4v) is 5.26. The van der Waals surface area contributed by atoms with E-state index in [1.165, 1.54) is 31.1 Å². The molecular weight excluding hydrogens is 550 g/mol. The topological polar surface area (TPSA) is 124 Å². The van der Waals surface area contributed by atoms with Crippen molar-refractivity contribution in [1.29, 1.82) is 0 Å². The van der Waals surface area contributed by atoms with E-state index in [9.17, 15) is 9.59 Å². The summed E-state index contributed by atoms with van der Waals surface area (Å²) in [5.74, 6) is -0.978. The van der Waals surface area contributed by atoms with Crippen molar-refractivity contribution in [2.75, 3.05) is 6.61 Å². The van der Waals surface area contributed by atoms with E-state index in [0.29, 0.717) is 23.2 Å². The molecule has 42 heavy (non-hydrogen) atoms. The Bertz CT molecular complexity index is 1210. The molecule has 9 heteroatoms. The Morgan fingerprint density at radius 3 is 2.31 bits per heavy atom. The fraction of sp³-hybridized carbons (Fsp3) is 0.455. The number of nitrogens with two attached hydrogens (primary N) is 1. The summed E-state index contributed by atoms with van der Waals surface area (Å²) >= 11 is 2.02. The number of amides is 1. The van der Waals surface area contributed by atoms with Gasteiger partial charge >= 0.3 is 5.97 Å². The van der Waals surface area contributed by atoms with E-state index in [2.05, 4.69) is 42.4 Å². The van der Waals surface area contributed by atoms with Crippen LogP contribution >= 0.6 is 11.8 Å². The summed E-state index contributed by atoms with van der Waals surface area (Å²) in [6, 6.07) is 0. The van der Waals surface area contributed by atoms with Crippen LogP contribution in [0.25, 0.3) is 5.52 Å². The van der Waals surface area contributed by atoms with Crippen molar-refractivity contribution >= 4 is 35.4 Å². The Kier molecular flexibility index (Phi) is 23.2. The van der Waals surface area contributed by atoms with Crippen molar-refractivity contribution in [3.8, 4) is 5.88 Å². The van der Waals surface area contributed by atoms with E-state index >= 15 is 0 Å². The SMILES string of the molecule is C=C/C=C\C=C/CC1CCC=C(C)S1.CC.CC.CCc1c(C(C)=O)c2c(OCC(=O)O)nc(C)cn2c1C.NC=O. The third-order valence-corrected chi connectivity index (χ3v) is 6.88. The van der Waals surface area contributed by atoms with Gasteiger partial charge in [0.25, 0.3) is 0 Å². The first-order chi connectivity index (χ1) is 20.1. The molecule has 0 fully saturated rings. The zero-order valence-corrected chi connectivity index (χ0v) is 27.7. The molecule has 2 aromatic rings. The number of carbonyl (C=O) groups excluding carboxylic acids is 2. The van der Waals surface area contributed by atoms with Crippen LogP contribution in [0.4, 0.5) is 0 Å². The molecule has 3 heterocycles. The number of ketones is 1. The van der Waals surface area contributed by atoms with Crippen LogP contribution in [0.5, 0.6) is 5.88 Å². The molecule has 1 atom stereocenters. The highest BCUT2D eigenvalue weighted by Crippen LogP contribution is 2.32. The third kappa shape index (κ3) is 14.3. The van der Waals surface area contributed by atoms with Gasteiger partial charge in [-0.1, -0.05) is 77.7 Å². The second-order valence-electron chi connectivity index (χ2n) is 8.49. The standard InChI is InChI=1S/C15H18N2O4.C13H18S.2C2H6.CH3NO/c1-5-11-9(3)17-6-8(2)16-15(21-7-12(19)20)14(17)13(11)10(4)18;1-3-4-5-6-7-10-13-11-8-9-12(2)14-13;2*1-2;2-1-3/h6H,5,7H2,1-4H3,(H,19,20);3-7,9,13H,1,8,10-11H2,2H3;2*1-2H3;1H,(H2,2,3)/b;5-4-,7-6-;;;. The number of aryl methyl sites for hydroxylation is 2. The van der Waals surface area contributed by atoms with Gasteiger partial charge in [-0.3, -0.25) is 9.59 Å². The number of hydrogen-bond donors (Lipinski definition) is 2. The number of carbonyl (C=O) groups is 3. The highest BCUT2D eigenvalue weighted by atomic mass is 32.2. The molecule has 8 nitrogen and oxygen atoms in total. The monoisotopic (exact) mass is 601 g/mol. The molecule has 0 aromatic carbocycles. The average molecular weight is 602 g/mol. The van der Waals surface area contributed by atoms with Crippen LogP contribution in [0.1, 0.15) is 95.0 Å². The van der Waals surface area contributed by atoms with Gasteiger partial charge in [0.1, 0.15) is 5.52 Å². The first-order valence-corrected chi connectivity index (χ1v) is 15.3. The molecule has 3 N–H and O–H groups in total. The maximum atomic E-state index is 12.0. The van der Waals surface area contributed by atoms with Gasteiger partial charge in [-0.25, -0.2) is 9.78 Å². The molecule has 1 aliphatic rings. The smallest absolute Gasteiger partial charge is 0.341 e. The fourth-order valence-electron chi connectivity index (χ4n) is 4.06. The summed E-state index contributed by atoms with van der Waals surface area (Å²) in [7, 11) is 0. The molecule has 234 valence electrons. The molecule has 1 aliphatic heterocycles. The minimum Gasteiger partial charge on any atom is -0.479 e. The minimum atomic E-state index is -1.08. The van der Waals surface area contributed by atoms with E-state index in [4.69, 9.17) is 14.6 Å². The number of primary amides is 1. The molecule has 0 saturated heterocycles. The van der Waals surface area contributed by atoms with Gasteiger partial charge in [-0.2, -0.15) is 0 Å². The van der Waals surface area contributed by atoms with Crippen molar-refractivity contribution < 1.29 is 24.2 Å². The first-order valence-electron chi connectivity index (χ1n) is 14.4. The van der Waals surface area contributed by atoms with E-state index in [0.717, 1.165) is 16.5 Å². The van der Waals surface area contributed by atoms with Gasteiger partial charge in [-0.05, 0) is 63.8 Å². The summed E-state index contributed by atoms with van der Waals surface area (Å²) in [5, 5.41) is 9.56. The van der Waals surface area contributed by atoms with Gasteiger partial charge < -0.3 is 20.0 Å². The highest BCUT2D eigenvalue weighted by Gasteiger charge is 2.22. The molecule has 0 bridgehead atoms. The number of allylic oxidation sites excluding steroid dienone is 7. The Labute approximate surface area is 256 Å². The zero-order chi connectivity index (χ0) is 32.7. The number of fused-ring (bicyclic) bond motifs is 1. The van der Waals surface area contributed by atoms with E-state index in [1.54, 1.807) is 13.0 Å². The molecule has 3 rings (SSSR count). The number of carboxylic acid groups (broad SMARTS) is 1. The predicted octanol–water partition coefficient (Wildman–Crippen LogP) is 7.81. The average Bonchev–Trinajstić information content (AvgIpc) is 3.26. The number of aromatic nitrogens is 2. The van der Waals surface area contributed by atoms with Crippen molar-refractivity contribution in [3.63, 3.8) is 0 Å². The van der Waals surface area contributed by atoms with Crippen molar-refractivity contribution in [3.05, 3.63) is 76.7 Å². The number of carboxylic acids is 1. The summed E-state index contributed by atoms with van der Waals surface area (Å²) < 4.78 is 7.14. The zero-order valence-electron chi connectivity index (χ0n) is 26.9. The van der Waals surface area contributed by atoms with Crippen LogP contribution in [-0.2, 0) is 16.0 Å². The number of Topliss-reactive ketones (excluding diaryl/α,β-unsaturated/α-hetero) is 1. The second kappa shape index (κ2) is 24.1. The molecule has 0 aliphatic carbocycles. The lowest BCUT2D eigenvalue weighted by molar-refractivity contribution is -0.139.